The number of hydrogen-bond donors (Lipinski definition) is 5. The largest absolute Gasteiger partial charge is 0.469 e. The van der Waals surface area contributed by atoms with Crippen molar-refractivity contribution in [2.24, 2.45) is 5.73 Å². The molecule has 0 spiro atoms. The zero-order valence-corrected chi connectivity index (χ0v) is 15.9. The molecule has 0 bridgehead atoms. The van der Waals surface area contributed by atoms with Crippen LogP contribution in [0.4, 0.5) is 5.82 Å². The molecule has 14 heteroatoms. The van der Waals surface area contributed by atoms with Gasteiger partial charge in [-0.1, -0.05) is 0 Å². The Labute approximate surface area is 163 Å². The summed E-state index contributed by atoms with van der Waals surface area (Å²) in [6, 6.07) is 0. The Bertz CT molecular complexity index is 1050. The second-order valence-electron chi connectivity index (χ2n) is 6.50. The fraction of sp³-hybridized carbons (Fsp3) is 0.400. The zero-order chi connectivity index (χ0) is 20.9. The molecule has 156 valence electrons. The van der Waals surface area contributed by atoms with Gasteiger partial charge in [0.05, 0.1) is 12.0 Å². The van der Waals surface area contributed by atoms with Crippen molar-refractivity contribution < 1.29 is 38.3 Å². The topological polar surface area (TPSA) is 191 Å². The van der Waals surface area contributed by atoms with Crippen LogP contribution in [0.2, 0.25) is 0 Å². The molecule has 1 saturated heterocycles. The van der Waals surface area contributed by atoms with E-state index >= 15 is 0 Å². The third kappa shape index (κ3) is 3.53. The van der Waals surface area contributed by atoms with E-state index in [2.05, 4.69) is 19.8 Å². The number of phosphoric acid groups is 1. The summed E-state index contributed by atoms with van der Waals surface area (Å²) in [4.78, 5) is 38.0. The van der Waals surface area contributed by atoms with Crippen LogP contribution >= 0.6 is 7.82 Å². The quantitative estimate of drug-likeness (QED) is 0.370. The highest BCUT2D eigenvalue weighted by atomic mass is 31.2. The van der Waals surface area contributed by atoms with Crippen LogP contribution in [0.3, 0.4) is 0 Å². The van der Waals surface area contributed by atoms with E-state index in [0.29, 0.717) is 16.6 Å². The van der Waals surface area contributed by atoms with Gasteiger partial charge in [-0.3, -0.25) is 9.32 Å². The van der Waals surface area contributed by atoms with Crippen molar-refractivity contribution in [3.63, 3.8) is 0 Å². The molecular weight excluding hydrogens is 409 g/mol. The van der Waals surface area contributed by atoms with Crippen LogP contribution in [0.5, 0.6) is 0 Å². The maximum atomic E-state index is 11.9. The Balaban J connectivity index is 1.76. The van der Waals surface area contributed by atoms with E-state index in [4.69, 9.17) is 25.0 Å². The third-order valence-corrected chi connectivity index (χ3v) is 5.20. The lowest BCUT2D eigenvalue weighted by Gasteiger charge is -2.20. The maximum Gasteiger partial charge on any atom is 0.469 e. The number of nitrogens with zero attached hydrogens (tertiary/aromatic N) is 3. The molecule has 4 heterocycles. The van der Waals surface area contributed by atoms with Gasteiger partial charge in [0.25, 0.3) is 5.91 Å². The normalized spacial score (nSPS) is 27.0. The predicted octanol–water partition coefficient (Wildman–Crippen LogP) is -0.934. The Morgan fingerprint density at radius 1 is 1.41 bits per heavy atom. The molecule has 1 amide bonds. The number of nitrogens with one attached hydrogen (secondary N) is 1. The molecule has 0 radical (unpaired) electrons. The molecular formula is C15H18N5O8P. The number of rotatable bonds is 5. The number of phosphoric ester groups is 1. The van der Waals surface area contributed by atoms with Gasteiger partial charge in [0.15, 0.2) is 6.23 Å². The summed E-state index contributed by atoms with van der Waals surface area (Å²) in [7, 11) is -3.38. The summed E-state index contributed by atoms with van der Waals surface area (Å²) in [5.74, 6) is -0.165. The molecule has 4 rings (SSSR count). The zero-order valence-electron chi connectivity index (χ0n) is 15.0. The highest BCUT2D eigenvalue weighted by molar-refractivity contribution is 7.46. The number of methoxy groups -OCH3 is 1. The molecule has 2 aromatic heterocycles. The van der Waals surface area contributed by atoms with Crippen LogP contribution in [0, 0.1) is 0 Å². The summed E-state index contributed by atoms with van der Waals surface area (Å²) in [5, 5.41) is 13.6. The number of aromatic nitrogens is 3. The molecule has 1 fully saturated rings. The summed E-state index contributed by atoms with van der Waals surface area (Å²) in [5.41, 5.74) is 7.06. The van der Waals surface area contributed by atoms with E-state index in [-0.39, 0.29) is 11.5 Å². The van der Waals surface area contributed by atoms with Crippen LogP contribution in [0.1, 0.15) is 11.8 Å². The van der Waals surface area contributed by atoms with Crippen molar-refractivity contribution in [3.8, 4) is 0 Å². The lowest BCUT2D eigenvalue weighted by Crippen LogP contribution is -2.35. The number of nitrogens with two attached hydrogens (primary N) is 1. The van der Waals surface area contributed by atoms with Gasteiger partial charge in [0.1, 0.15) is 36.1 Å². The second-order valence-corrected chi connectivity index (χ2v) is 7.74. The lowest BCUT2D eigenvalue weighted by atomic mass is 10.1. The minimum absolute atomic E-state index is 0.189. The molecule has 0 unspecified atom stereocenters. The van der Waals surface area contributed by atoms with Crippen LogP contribution in [0.25, 0.3) is 16.7 Å². The average molecular weight is 427 g/mol. The first kappa shape index (κ1) is 19.9. The fourth-order valence-electron chi connectivity index (χ4n) is 3.47. The standard InChI is InChI=1S/C15H18N5O8P/c1-26-12-11(22)8(4-27-29(23,24)25)28-15(12)20-3-6-7(16)2-9(21)19-13-10(6)14(20)18-5-17-13/h2-3,5,8,11-12,15,22H,4,16H2,1H3,(H2,23,24,25)(H,17,18,19,21)/t8-,11-,12-,15-/m1/s1. The molecule has 2 aromatic rings. The van der Waals surface area contributed by atoms with Gasteiger partial charge in [-0.2, -0.15) is 0 Å². The number of ether oxygens (including phenoxy) is 2. The highest BCUT2D eigenvalue weighted by Crippen LogP contribution is 2.41. The van der Waals surface area contributed by atoms with Crippen molar-refractivity contribution in [1.29, 1.82) is 0 Å². The first-order valence-corrected chi connectivity index (χ1v) is 9.93. The molecule has 2 aliphatic rings. The minimum atomic E-state index is -4.75. The molecule has 0 aliphatic carbocycles. The molecule has 29 heavy (non-hydrogen) atoms. The Morgan fingerprint density at radius 2 is 2.17 bits per heavy atom. The third-order valence-electron chi connectivity index (χ3n) is 4.71. The van der Waals surface area contributed by atoms with Gasteiger partial charge in [0.2, 0.25) is 0 Å². The van der Waals surface area contributed by atoms with Crippen molar-refractivity contribution in [2.75, 3.05) is 19.0 Å². The van der Waals surface area contributed by atoms with Crippen LogP contribution in [-0.2, 0) is 23.4 Å². The number of carbonyl (C=O) groups excluding carboxylic acids is 1. The lowest BCUT2D eigenvalue weighted by molar-refractivity contribution is -0.111. The van der Waals surface area contributed by atoms with E-state index in [0.717, 1.165) is 0 Å². The van der Waals surface area contributed by atoms with E-state index in [1.54, 1.807) is 10.8 Å². The molecule has 13 nitrogen and oxygen atoms in total. The smallest absolute Gasteiger partial charge is 0.398 e. The molecule has 4 atom stereocenters. The van der Waals surface area contributed by atoms with Crippen LogP contribution in [-0.4, -0.2) is 67.4 Å². The van der Waals surface area contributed by atoms with Crippen molar-refractivity contribution in [2.45, 2.75) is 24.5 Å². The fourth-order valence-corrected chi connectivity index (χ4v) is 3.81. The Hall–Kier alpha value is -2.38. The van der Waals surface area contributed by atoms with Gasteiger partial charge in [-0.15, -0.1) is 0 Å². The van der Waals surface area contributed by atoms with Gasteiger partial charge in [-0.05, 0) is 0 Å². The van der Waals surface area contributed by atoms with Gasteiger partial charge < -0.3 is 40.0 Å². The number of anilines is 1. The molecule has 0 saturated carbocycles. The number of amides is 1. The maximum absolute atomic E-state index is 11.9. The number of carbonyl (C=O) groups is 1. The summed E-state index contributed by atoms with van der Waals surface area (Å²) >= 11 is 0. The summed E-state index contributed by atoms with van der Waals surface area (Å²) in [6.07, 6.45) is -0.0616. The van der Waals surface area contributed by atoms with Crippen LogP contribution in [0.15, 0.2) is 18.6 Å². The van der Waals surface area contributed by atoms with E-state index in [1.807, 2.05) is 0 Å². The van der Waals surface area contributed by atoms with Crippen molar-refractivity contribution in [1.82, 2.24) is 14.5 Å². The molecule has 2 aliphatic heterocycles. The Kier molecular flexibility index (Phi) is 4.91. The first-order chi connectivity index (χ1) is 13.7. The number of hydrogen-bond acceptors (Lipinski definition) is 9. The van der Waals surface area contributed by atoms with E-state index in [1.165, 1.54) is 19.5 Å². The highest BCUT2D eigenvalue weighted by Gasteiger charge is 2.46. The monoisotopic (exact) mass is 427 g/mol. The predicted molar refractivity (Wildman–Crippen MR) is 97.0 cm³/mol. The molecule has 6 N–H and O–H groups in total. The SMILES string of the molecule is CO[C@@H]1[C@H](O)[C@@H](COP(=O)(O)O)O[C@H]1n1cc2c3c(ncnc31)NC(=O)C=C2N. The van der Waals surface area contributed by atoms with Crippen molar-refractivity contribution in [3.05, 3.63) is 24.2 Å². The van der Waals surface area contributed by atoms with Gasteiger partial charge in [-0.25, -0.2) is 14.5 Å². The minimum Gasteiger partial charge on any atom is -0.398 e. The summed E-state index contributed by atoms with van der Waals surface area (Å²) in [6.45, 7) is -0.549. The van der Waals surface area contributed by atoms with Crippen molar-refractivity contribution >= 4 is 36.3 Å². The van der Waals surface area contributed by atoms with Crippen LogP contribution < -0.4 is 11.1 Å². The molecule has 0 aromatic carbocycles. The number of aliphatic hydroxyl groups is 1. The average Bonchev–Trinajstić information content (AvgIpc) is 3.13. The Morgan fingerprint density at radius 3 is 2.86 bits per heavy atom. The number of aliphatic hydroxyl groups excluding tert-OH is 1. The van der Waals surface area contributed by atoms with E-state index in [9.17, 15) is 14.5 Å². The summed E-state index contributed by atoms with van der Waals surface area (Å²) < 4.78 is 28.1. The van der Waals surface area contributed by atoms with Gasteiger partial charge >= 0.3 is 7.82 Å². The van der Waals surface area contributed by atoms with Gasteiger partial charge in [0, 0.05) is 30.6 Å². The van der Waals surface area contributed by atoms with E-state index < -0.39 is 44.9 Å². The first-order valence-electron chi connectivity index (χ1n) is 8.40. The second kappa shape index (κ2) is 7.15.